The van der Waals surface area contributed by atoms with E-state index in [1.165, 1.54) is 35.1 Å². The summed E-state index contributed by atoms with van der Waals surface area (Å²) in [5.41, 5.74) is 5.28. The molecule has 2 N–H and O–H groups in total. The van der Waals surface area contributed by atoms with E-state index in [1.54, 1.807) is 23.5 Å². The summed E-state index contributed by atoms with van der Waals surface area (Å²) in [6.07, 6.45) is 8.08. The van der Waals surface area contributed by atoms with Crippen molar-refractivity contribution in [2.45, 2.75) is 69.3 Å². The molecule has 2 aromatic carbocycles. The van der Waals surface area contributed by atoms with Crippen molar-refractivity contribution in [2.75, 3.05) is 11.5 Å². The van der Waals surface area contributed by atoms with Gasteiger partial charge in [-0.25, -0.2) is 0 Å². The lowest BCUT2D eigenvalue weighted by Gasteiger charge is -2.20. The second kappa shape index (κ2) is 15.8. The molecule has 2 aromatic rings. The van der Waals surface area contributed by atoms with Crippen LogP contribution in [0.15, 0.2) is 48.5 Å². The van der Waals surface area contributed by atoms with Gasteiger partial charge >= 0.3 is 11.9 Å². The fourth-order valence-electron chi connectivity index (χ4n) is 3.62. The fraction of sp³-hybridized carbons (Fsp3) is 0.481. The predicted octanol–water partition coefficient (Wildman–Crippen LogP) is 7.01. The number of carbonyl (C=O) groups is 2. The van der Waals surface area contributed by atoms with Gasteiger partial charge in [-0.3, -0.25) is 9.59 Å². The van der Waals surface area contributed by atoms with Crippen LogP contribution in [0.1, 0.15) is 72.3 Å². The van der Waals surface area contributed by atoms with Crippen molar-refractivity contribution in [3.8, 4) is 0 Å². The molecule has 0 unspecified atom stereocenters. The minimum absolute atomic E-state index is 0.0514. The van der Waals surface area contributed by atoms with Crippen LogP contribution < -0.4 is 0 Å². The number of hydrogen-bond acceptors (Lipinski definition) is 4. The number of aliphatic carboxylic acids is 2. The highest BCUT2D eigenvalue weighted by molar-refractivity contribution is 8.16. The van der Waals surface area contributed by atoms with Crippen molar-refractivity contribution in [3.63, 3.8) is 0 Å². The average Bonchev–Trinajstić information content (AvgIpc) is 2.80. The van der Waals surface area contributed by atoms with Gasteiger partial charge in [-0.15, -0.1) is 23.5 Å². The van der Waals surface area contributed by atoms with E-state index in [4.69, 9.17) is 10.2 Å². The van der Waals surface area contributed by atoms with E-state index in [0.29, 0.717) is 11.5 Å². The molecule has 0 aliphatic rings. The first kappa shape index (κ1) is 27.3. The number of carboxylic acids is 2. The Morgan fingerprint density at radius 1 is 0.758 bits per heavy atom. The quantitative estimate of drug-likeness (QED) is 0.184. The van der Waals surface area contributed by atoms with Crippen LogP contribution in [-0.2, 0) is 28.9 Å². The first-order valence-corrected chi connectivity index (χ1v) is 13.9. The van der Waals surface area contributed by atoms with E-state index in [0.717, 1.165) is 32.1 Å². The van der Waals surface area contributed by atoms with Gasteiger partial charge in [0.15, 0.2) is 0 Å². The topological polar surface area (TPSA) is 74.6 Å². The summed E-state index contributed by atoms with van der Waals surface area (Å²) >= 11 is 3.20. The van der Waals surface area contributed by atoms with Gasteiger partial charge in [0.25, 0.3) is 0 Å². The number of hydrogen-bond donors (Lipinski definition) is 2. The van der Waals surface area contributed by atoms with Gasteiger partial charge in [0.2, 0.25) is 0 Å². The van der Waals surface area contributed by atoms with Crippen LogP contribution in [0.2, 0.25) is 0 Å². The van der Waals surface area contributed by atoms with Crippen molar-refractivity contribution >= 4 is 35.5 Å². The highest BCUT2D eigenvalue weighted by Gasteiger charge is 2.17. The molecule has 6 heteroatoms. The van der Waals surface area contributed by atoms with Crippen molar-refractivity contribution in [3.05, 3.63) is 70.8 Å². The highest BCUT2D eigenvalue weighted by Crippen LogP contribution is 2.41. The molecule has 0 atom stereocenters. The van der Waals surface area contributed by atoms with Gasteiger partial charge in [-0.05, 0) is 60.8 Å². The van der Waals surface area contributed by atoms with Crippen LogP contribution in [0.3, 0.4) is 0 Å². The zero-order chi connectivity index (χ0) is 23.9. The lowest BCUT2D eigenvalue weighted by molar-refractivity contribution is -0.137. The summed E-state index contributed by atoms with van der Waals surface area (Å²) in [6, 6.07) is 17.4. The maximum Gasteiger partial charge on any atom is 0.304 e. The van der Waals surface area contributed by atoms with E-state index in [9.17, 15) is 9.59 Å². The molecule has 180 valence electrons. The van der Waals surface area contributed by atoms with Crippen LogP contribution in [0, 0.1) is 0 Å². The molecule has 0 aliphatic carbocycles. The van der Waals surface area contributed by atoms with Crippen LogP contribution in [0.25, 0.3) is 0 Å². The molecule has 0 aliphatic heterocycles. The Balaban J connectivity index is 1.92. The molecular formula is C27H36O4S2. The lowest BCUT2D eigenvalue weighted by Crippen LogP contribution is -2.03. The highest BCUT2D eigenvalue weighted by atomic mass is 32.2. The minimum Gasteiger partial charge on any atom is -0.481 e. The fourth-order valence-corrected chi connectivity index (χ4v) is 6.42. The second-order valence-electron chi connectivity index (χ2n) is 8.19. The summed E-state index contributed by atoms with van der Waals surface area (Å²) in [5.74, 6) is -0.572. The maximum absolute atomic E-state index is 10.9. The number of aryl methyl sites for hydroxylation is 3. The summed E-state index contributed by atoms with van der Waals surface area (Å²) in [7, 11) is 0. The van der Waals surface area contributed by atoms with Crippen LogP contribution in [0.5, 0.6) is 0 Å². The van der Waals surface area contributed by atoms with Gasteiger partial charge in [-0.1, -0.05) is 61.9 Å². The smallest absolute Gasteiger partial charge is 0.304 e. The van der Waals surface area contributed by atoms with Crippen LogP contribution in [-0.4, -0.2) is 33.7 Å². The van der Waals surface area contributed by atoms with Gasteiger partial charge in [0.1, 0.15) is 0 Å². The zero-order valence-electron chi connectivity index (χ0n) is 19.5. The molecule has 0 fully saturated rings. The third kappa shape index (κ3) is 11.2. The third-order valence-corrected chi connectivity index (χ3v) is 8.29. The summed E-state index contributed by atoms with van der Waals surface area (Å²) in [4.78, 5) is 21.9. The van der Waals surface area contributed by atoms with Gasteiger partial charge in [0, 0.05) is 11.5 Å². The van der Waals surface area contributed by atoms with E-state index in [-0.39, 0.29) is 17.4 Å². The molecule has 0 saturated carbocycles. The number of rotatable bonds is 17. The predicted molar refractivity (Wildman–Crippen MR) is 140 cm³/mol. The molecule has 0 radical (unpaired) electrons. The van der Waals surface area contributed by atoms with Crippen molar-refractivity contribution in [1.29, 1.82) is 0 Å². The Kier molecular flexibility index (Phi) is 13.1. The van der Waals surface area contributed by atoms with Crippen molar-refractivity contribution in [2.24, 2.45) is 0 Å². The lowest BCUT2D eigenvalue weighted by atomic mass is 9.99. The first-order chi connectivity index (χ1) is 16.0. The number of benzene rings is 2. The van der Waals surface area contributed by atoms with E-state index >= 15 is 0 Å². The van der Waals surface area contributed by atoms with Crippen LogP contribution in [0.4, 0.5) is 0 Å². The molecule has 0 saturated heterocycles. The molecule has 2 rings (SSSR count). The Morgan fingerprint density at radius 3 is 1.82 bits per heavy atom. The van der Waals surface area contributed by atoms with Crippen LogP contribution >= 0.6 is 23.5 Å². The molecule has 0 spiro atoms. The van der Waals surface area contributed by atoms with Crippen molar-refractivity contribution < 1.29 is 19.8 Å². The normalized spacial score (nSPS) is 11.1. The van der Waals surface area contributed by atoms with Gasteiger partial charge in [0.05, 0.1) is 17.4 Å². The van der Waals surface area contributed by atoms with Crippen molar-refractivity contribution in [1.82, 2.24) is 0 Å². The second-order valence-corrected chi connectivity index (χ2v) is 10.9. The molecule has 0 aromatic heterocycles. The van der Waals surface area contributed by atoms with Gasteiger partial charge < -0.3 is 10.2 Å². The van der Waals surface area contributed by atoms with E-state index < -0.39 is 11.9 Å². The third-order valence-electron chi connectivity index (χ3n) is 5.48. The number of carboxylic acid groups (broad SMARTS) is 2. The Labute approximate surface area is 206 Å². The SMILES string of the molecule is CCCCc1ccc(CCCCc2ccccc2C(SCCC(=O)O)SCCC(=O)O)cc1. The molecule has 4 nitrogen and oxygen atoms in total. The van der Waals surface area contributed by atoms with Gasteiger partial charge in [-0.2, -0.15) is 0 Å². The molecule has 0 heterocycles. The zero-order valence-corrected chi connectivity index (χ0v) is 21.1. The molecule has 0 amide bonds. The minimum atomic E-state index is -0.802. The Bertz CT molecular complexity index is 831. The molecular weight excluding hydrogens is 452 g/mol. The Morgan fingerprint density at radius 2 is 1.27 bits per heavy atom. The molecule has 0 bridgehead atoms. The largest absolute Gasteiger partial charge is 0.481 e. The monoisotopic (exact) mass is 488 g/mol. The number of thioether (sulfide) groups is 2. The summed E-state index contributed by atoms with van der Waals surface area (Å²) in [5, 5.41) is 18.0. The average molecular weight is 489 g/mol. The Hall–Kier alpha value is -1.92. The molecule has 33 heavy (non-hydrogen) atoms. The number of unbranched alkanes of at least 4 members (excludes halogenated alkanes) is 2. The summed E-state index contributed by atoms with van der Waals surface area (Å²) in [6.45, 7) is 2.22. The standard InChI is InChI=1S/C27H36O4S2/c1-2-3-8-21-13-15-22(16-14-21)9-4-5-10-23-11-6-7-12-24(23)27(32-19-17-25(28)29)33-20-18-26(30)31/h6-7,11-16,27H,2-5,8-10,17-20H2,1H3,(H,28,29)(H,30,31). The first-order valence-electron chi connectivity index (χ1n) is 11.8. The van der Waals surface area contributed by atoms with E-state index in [2.05, 4.69) is 49.4 Å². The maximum atomic E-state index is 10.9. The summed E-state index contributed by atoms with van der Waals surface area (Å²) < 4.78 is 0.0514. The van der Waals surface area contributed by atoms with E-state index in [1.807, 2.05) is 6.07 Å².